The standard InChI is InChI=1S/C30H35F5N2O3/c31-25-16-22(28(39)37-12-1-3-23(38)17-37)4-6-24(25)21-5-7-27(26(32)15-21)40-18-20-8-13-36(14-9-20)19-29(10-2-11-29)30(33,34)35/h4-7,15-16,20,23,38H,1-3,8-14,17-19H2/t23-/m1/s1. The molecule has 3 aliphatic rings. The Labute approximate surface area is 230 Å². The number of aliphatic hydroxyl groups is 1. The Kier molecular flexibility index (Phi) is 8.38. The molecule has 2 aromatic rings. The lowest BCUT2D eigenvalue weighted by Gasteiger charge is -2.47. The van der Waals surface area contributed by atoms with Crippen LogP contribution in [0.15, 0.2) is 36.4 Å². The molecule has 0 radical (unpaired) electrons. The Morgan fingerprint density at radius 3 is 2.33 bits per heavy atom. The van der Waals surface area contributed by atoms with E-state index >= 15 is 0 Å². The monoisotopic (exact) mass is 566 g/mol. The summed E-state index contributed by atoms with van der Waals surface area (Å²) < 4.78 is 76.0. The summed E-state index contributed by atoms with van der Waals surface area (Å²) in [4.78, 5) is 16.1. The van der Waals surface area contributed by atoms with Gasteiger partial charge in [-0.15, -0.1) is 0 Å². The van der Waals surface area contributed by atoms with Crippen LogP contribution in [-0.4, -0.2) is 72.4 Å². The van der Waals surface area contributed by atoms with Gasteiger partial charge < -0.3 is 19.6 Å². The molecule has 0 spiro atoms. The molecule has 1 amide bonds. The number of aliphatic hydroxyl groups excluding tert-OH is 1. The number of piperidine rings is 2. The van der Waals surface area contributed by atoms with Crippen molar-refractivity contribution in [3.8, 4) is 16.9 Å². The summed E-state index contributed by atoms with van der Waals surface area (Å²) in [6.45, 7) is 2.14. The van der Waals surface area contributed by atoms with E-state index in [1.54, 1.807) is 6.07 Å². The highest BCUT2D eigenvalue weighted by molar-refractivity contribution is 5.95. The maximum atomic E-state index is 14.9. The van der Waals surface area contributed by atoms with Crippen LogP contribution in [0.2, 0.25) is 0 Å². The van der Waals surface area contributed by atoms with Crippen molar-refractivity contribution < 1.29 is 36.6 Å². The minimum absolute atomic E-state index is 0.0348. The number of carbonyl (C=O) groups excluding carboxylic acids is 1. The second-order valence-electron chi connectivity index (χ2n) is 11.5. The summed E-state index contributed by atoms with van der Waals surface area (Å²) in [5, 5.41) is 9.82. The molecular weight excluding hydrogens is 531 g/mol. The molecule has 1 aliphatic carbocycles. The maximum absolute atomic E-state index is 14.9. The number of likely N-dealkylation sites (tertiary alicyclic amines) is 2. The molecule has 0 aromatic heterocycles. The van der Waals surface area contributed by atoms with E-state index in [1.807, 2.05) is 4.90 Å². The van der Waals surface area contributed by atoms with Gasteiger partial charge in [-0.2, -0.15) is 13.2 Å². The molecule has 2 saturated heterocycles. The number of nitrogens with zero attached hydrogens (tertiary/aromatic N) is 2. The Bertz CT molecular complexity index is 1210. The molecule has 1 atom stereocenters. The lowest BCUT2D eigenvalue weighted by molar-refractivity contribution is -0.256. The van der Waals surface area contributed by atoms with E-state index in [1.165, 1.54) is 29.2 Å². The number of ether oxygens (including phenoxy) is 1. The fourth-order valence-electron chi connectivity index (χ4n) is 6.07. The van der Waals surface area contributed by atoms with Gasteiger partial charge in [-0.05, 0) is 87.4 Å². The van der Waals surface area contributed by atoms with E-state index in [0.717, 1.165) is 6.07 Å². The van der Waals surface area contributed by atoms with E-state index in [-0.39, 0.29) is 61.2 Å². The number of rotatable bonds is 7. The van der Waals surface area contributed by atoms with Gasteiger partial charge in [0.25, 0.3) is 5.91 Å². The minimum Gasteiger partial charge on any atom is -0.490 e. The summed E-state index contributed by atoms with van der Waals surface area (Å²) in [6, 6.07) is 8.26. The molecule has 0 unspecified atom stereocenters. The SMILES string of the molecule is O=C(c1ccc(-c2ccc(OCC3CCN(CC4(C(F)(F)F)CCC4)CC3)c(F)c2)c(F)c1)N1CCC[C@@H](O)C1. The predicted molar refractivity (Wildman–Crippen MR) is 140 cm³/mol. The van der Waals surface area contributed by atoms with Crippen molar-refractivity contribution in [3.05, 3.63) is 53.6 Å². The first-order valence-corrected chi connectivity index (χ1v) is 14.0. The lowest BCUT2D eigenvalue weighted by Crippen LogP contribution is -2.53. The zero-order valence-corrected chi connectivity index (χ0v) is 22.4. The van der Waals surface area contributed by atoms with Crippen molar-refractivity contribution in [2.24, 2.45) is 11.3 Å². The van der Waals surface area contributed by atoms with Crippen molar-refractivity contribution in [1.82, 2.24) is 9.80 Å². The van der Waals surface area contributed by atoms with Gasteiger partial charge in [0.05, 0.1) is 18.1 Å². The van der Waals surface area contributed by atoms with Crippen molar-refractivity contribution in [1.29, 1.82) is 0 Å². The van der Waals surface area contributed by atoms with Gasteiger partial charge in [0, 0.05) is 30.8 Å². The molecule has 218 valence electrons. The summed E-state index contributed by atoms with van der Waals surface area (Å²) >= 11 is 0. The number of hydrogen-bond donors (Lipinski definition) is 1. The number of amides is 1. The number of β-amino-alcohol motifs (C(OH)–C–C–N with tert-alkyl or cyclic N) is 1. The van der Waals surface area contributed by atoms with Crippen LogP contribution in [0.3, 0.4) is 0 Å². The number of hydrogen-bond acceptors (Lipinski definition) is 4. The quantitative estimate of drug-likeness (QED) is 0.415. The van der Waals surface area contributed by atoms with Crippen molar-refractivity contribution in [2.75, 3.05) is 39.3 Å². The first kappa shape index (κ1) is 28.8. The van der Waals surface area contributed by atoms with Gasteiger partial charge in [-0.3, -0.25) is 4.79 Å². The second kappa shape index (κ2) is 11.6. The zero-order valence-electron chi connectivity index (χ0n) is 22.4. The Morgan fingerprint density at radius 1 is 0.975 bits per heavy atom. The van der Waals surface area contributed by atoms with Gasteiger partial charge in [-0.1, -0.05) is 18.6 Å². The molecule has 2 heterocycles. The molecule has 0 bridgehead atoms. The van der Waals surface area contributed by atoms with E-state index in [2.05, 4.69) is 0 Å². The van der Waals surface area contributed by atoms with Crippen LogP contribution in [0.4, 0.5) is 22.0 Å². The highest BCUT2D eigenvalue weighted by atomic mass is 19.4. The molecule has 2 aromatic carbocycles. The van der Waals surface area contributed by atoms with Crippen LogP contribution in [0.5, 0.6) is 5.75 Å². The molecule has 1 N–H and O–H groups in total. The third-order valence-corrected chi connectivity index (χ3v) is 8.76. The van der Waals surface area contributed by atoms with Gasteiger partial charge >= 0.3 is 6.18 Å². The molecule has 40 heavy (non-hydrogen) atoms. The highest BCUT2D eigenvalue weighted by Gasteiger charge is 2.58. The maximum Gasteiger partial charge on any atom is 0.395 e. The molecule has 5 rings (SSSR count). The van der Waals surface area contributed by atoms with Crippen molar-refractivity contribution in [2.45, 2.75) is 57.2 Å². The van der Waals surface area contributed by atoms with Crippen molar-refractivity contribution >= 4 is 5.91 Å². The van der Waals surface area contributed by atoms with E-state index in [9.17, 15) is 31.9 Å². The van der Waals surface area contributed by atoms with E-state index in [0.29, 0.717) is 57.3 Å². The topological polar surface area (TPSA) is 53.0 Å². The Hall–Kier alpha value is -2.72. The van der Waals surface area contributed by atoms with Gasteiger partial charge in [0.1, 0.15) is 5.82 Å². The number of halogens is 5. The fraction of sp³-hybridized carbons (Fsp3) is 0.567. The van der Waals surface area contributed by atoms with Crippen LogP contribution in [-0.2, 0) is 0 Å². The molecular formula is C30H35F5N2O3. The molecule has 10 heteroatoms. The van der Waals surface area contributed by atoms with Gasteiger partial charge in [0.2, 0.25) is 0 Å². The number of carbonyl (C=O) groups is 1. The average Bonchev–Trinajstić information content (AvgIpc) is 2.89. The third kappa shape index (κ3) is 6.12. The van der Waals surface area contributed by atoms with Crippen LogP contribution in [0, 0.1) is 23.0 Å². The summed E-state index contributed by atoms with van der Waals surface area (Å²) in [5.74, 6) is -1.51. The summed E-state index contributed by atoms with van der Waals surface area (Å²) in [5.41, 5.74) is -0.940. The predicted octanol–water partition coefficient (Wildman–Crippen LogP) is 6.05. The highest BCUT2D eigenvalue weighted by Crippen LogP contribution is 2.53. The first-order chi connectivity index (χ1) is 19.0. The van der Waals surface area contributed by atoms with Crippen LogP contribution >= 0.6 is 0 Å². The summed E-state index contributed by atoms with van der Waals surface area (Å²) in [7, 11) is 0. The largest absolute Gasteiger partial charge is 0.490 e. The average molecular weight is 567 g/mol. The Balaban J connectivity index is 1.14. The zero-order chi connectivity index (χ0) is 28.5. The van der Waals surface area contributed by atoms with Crippen LogP contribution < -0.4 is 4.74 Å². The smallest absolute Gasteiger partial charge is 0.395 e. The van der Waals surface area contributed by atoms with Crippen LogP contribution in [0.1, 0.15) is 55.3 Å². The summed E-state index contributed by atoms with van der Waals surface area (Å²) in [6.07, 6.45) is -1.06. The fourth-order valence-corrected chi connectivity index (χ4v) is 6.07. The molecule has 3 fully saturated rings. The molecule has 5 nitrogen and oxygen atoms in total. The first-order valence-electron chi connectivity index (χ1n) is 14.0. The van der Waals surface area contributed by atoms with E-state index in [4.69, 9.17) is 4.74 Å². The Morgan fingerprint density at radius 2 is 1.73 bits per heavy atom. The van der Waals surface area contributed by atoms with Gasteiger partial charge in [-0.25, -0.2) is 8.78 Å². The third-order valence-electron chi connectivity index (χ3n) is 8.76. The normalized spacial score (nSPS) is 22.1. The van der Waals surface area contributed by atoms with E-state index < -0.39 is 29.3 Å². The molecule has 1 saturated carbocycles. The molecule has 2 aliphatic heterocycles. The lowest BCUT2D eigenvalue weighted by atomic mass is 9.67. The van der Waals surface area contributed by atoms with Crippen molar-refractivity contribution in [3.63, 3.8) is 0 Å². The van der Waals surface area contributed by atoms with Crippen LogP contribution in [0.25, 0.3) is 11.1 Å². The second-order valence-corrected chi connectivity index (χ2v) is 11.5. The van der Waals surface area contributed by atoms with Gasteiger partial charge in [0.15, 0.2) is 11.6 Å². The number of alkyl halides is 3. The number of benzene rings is 2. The minimum atomic E-state index is -4.17.